The van der Waals surface area contributed by atoms with Crippen molar-refractivity contribution in [3.05, 3.63) is 52.4 Å². The number of aryl methyl sites for hydroxylation is 3. The average molecular weight is 314 g/mol. The van der Waals surface area contributed by atoms with Gasteiger partial charge in [-0.15, -0.1) is 0 Å². The molecule has 0 aliphatic carbocycles. The first-order valence-corrected chi connectivity index (χ1v) is 7.97. The van der Waals surface area contributed by atoms with Crippen LogP contribution in [0, 0.1) is 20.8 Å². The van der Waals surface area contributed by atoms with Gasteiger partial charge in [0.15, 0.2) is 5.96 Å². The van der Waals surface area contributed by atoms with Crippen LogP contribution in [0.5, 0.6) is 0 Å². The number of nitrogens with one attached hydrogen (secondary N) is 2. The highest BCUT2D eigenvalue weighted by Gasteiger charge is 2.11. The van der Waals surface area contributed by atoms with E-state index in [2.05, 4.69) is 58.9 Å². The molecule has 0 spiro atoms. The molecule has 5 heteroatoms. The van der Waals surface area contributed by atoms with Crippen LogP contribution < -0.4 is 10.6 Å². The minimum absolute atomic E-state index is 0.196. The fraction of sp³-hybridized carbons (Fsp3) is 0.444. The molecule has 0 amide bonds. The molecule has 1 atom stereocenters. The second-order valence-corrected chi connectivity index (χ2v) is 5.77. The Morgan fingerprint density at radius 1 is 1.26 bits per heavy atom. The zero-order valence-electron chi connectivity index (χ0n) is 14.6. The van der Waals surface area contributed by atoms with Gasteiger partial charge in [-0.3, -0.25) is 4.99 Å². The van der Waals surface area contributed by atoms with Gasteiger partial charge in [-0.1, -0.05) is 29.4 Å². The number of aliphatic imine (C=N–C) groups is 1. The van der Waals surface area contributed by atoms with Crippen molar-refractivity contribution in [2.75, 3.05) is 13.6 Å². The third kappa shape index (κ3) is 4.34. The minimum atomic E-state index is 0.196. The molecule has 2 aromatic rings. The SMILES string of the molecule is CN=C(NCCc1c(C)noc1C)NC(C)c1ccccc1C. The van der Waals surface area contributed by atoms with E-state index in [4.69, 9.17) is 4.52 Å². The summed E-state index contributed by atoms with van der Waals surface area (Å²) in [5, 5.41) is 10.8. The second-order valence-electron chi connectivity index (χ2n) is 5.77. The molecular weight excluding hydrogens is 288 g/mol. The van der Waals surface area contributed by atoms with Crippen molar-refractivity contribution in [2.24, 2.45) is 4.99 Å². The van der Waals surface area contributed by atoms with E-state index in [1.54, 1.807) is 7.05 Å². The molecule has 1 unspecified atom stereocenters. The summed E-state index contributed by atoms with van der Waals surface area (Å²) in [6, 6.07) is 8.59. The number of hydrogen-bond acceptors (Lipinski definition) is 3. The lowest BCUT2D eigenvalue weighted by molar-refractivity contribution is 0.392. The van der Waals surface area contributed by atoms with Gasteiger partial charge in [0, 0.05) is 19.2 Å². The van der Waals surface area contributed by atoms with Gasteiger partial charge in [0.25, 0.3) is 0 Å². The van der Waals surface area contributed by atoms with Crippen molar-refractivity contribution in [3.8, 4) is 0 Å². The molecule has 2 rings (SSSR count). The quantitative estimate of drug-likeness (QED) is 0.658. The van der Waals surface area contributed by atoms with E-state index in [0.29, 0.717) is 0 Å². The third-order valence-corrected chi connectivity index (χ3v) is 4.08. The molecule has 124 valence electrons. The van der Waals surface area contributed by atoms with Gasteiger partial charge in [0.1, 0.15) is 5.76 Å². The molecule has 2 N–H and O–H groups in total. The minimum Gasteiger partial charge on any atom is -0.361 e. The van der Waals surface area contributed by atoms with Crippen LogP contribution in [0.4, 0.5) is 0 Å². The first-order chi connectivity index (χ1) is 11.0. The molecule has 0 aliphatic rings. The molecule has 0 bridgehead atoms. The smallest absolute Gasteiger partial charge is 0.191 e. The Morgan fingerprint density at radius 2 is 2.00 bits per heavy atom. The van der Waals surface area contributed by atoms with Crippen LogP contribution in [0.1, 0.15) is 41.1 Å². The fourth-order valence-corrected chi connectivity index (χ4v) is 2.71. The average Bonchev–Trinajstić information content (AvgIpc) is 2.85. The number of hydrogen-bond donors (Lipinski definition) is 2. The first kappa shape index (κ1) is 17.1. The van der Waals surface area contributed by atoms with Gasteiger partial charge in [0.2, 0.25) is 0 Å². The van der Waals surface area contributed by atoms with E-state index in [1.807, 2.05) is 13.8 Å². The molecule has 23 heavy (non-hydrogen) atoms. The van der Waals surface area contributed by atoms with E-state index >= 15 is 0 Å². The number of guanidine groups is 1. The largest absolute Gasteiger partial charge is 0.361 e. The van der Waals surface area contributed by atoms with Crippen molar-refractivity contribution in [2.45, 2.75) is 40.2 Å². The van der Waals surface area contributed by atoms with Gasteiger partial charge in [0.05, 0.1) is 11.7 Å². The molecule has 1 heterocycles. The topological polar surface area (TPSA) is 62.5 Å². The summed E-state index contributed by atoms with van der Waals surface area (Å²) in [6.45, 7) is 8.97. The lowest BCUT2D eigenvalue weighted by Crippen LogP contribution is -2.39. The van der Waals surface area contributed by atoms with Gasteiger partial charge >= 0.3 is 0 Å². The van der Waals surface area contributed by atoms with Crippen molar-refractivity contribution in [3.63, 3.8) is 0 Å². The van der Waals surface area contributed by atoms with E-state index in [1.165, 1.54) is 16.7 Å². The van der Waals surface area contributed by atoms with Gasteiger partial charge < -0.3 is 15.2 Å². The molecule has 1 aromatic heterocycles. The summed E-state index contributed by atoms with van der Waals surface area (Å²) in [5.41, 5.74) is 4.68. The Labute approximate surface area is 138 Å². The van der Waals surface area contributed by atoms with Crippen LogP contribution >= 0.6 is 0 Å². The Hall–Kier alpha value is -2.30. The Kier molecular flexibility index (Phi) is 5.79. The molecule has 0 aliphatic heterocycles. The van der Waals surface area contributed by atoms with E-state index < -0.39 is 0 Å². The molecule has 5 nitrogen and oxygen atoms in total. The molecule has 0 radical (unpaired) electrons. The van der Waals surface area contributed by atoms with E-state index in [9.17, 15) is 0 Å². The molecule has 0 saturated carbocycles. The Bertz CT molecular complexity index is 656. The highest BCUT2D eigenvalue weighted by molar-refractivity contribution is 5.80. The van der Waals surface area contributed by atoms with Crippen LogP contribution in [0.3, 0.4) is 0 Å². The fourth-order valence-electron chi connectivity index (χ4n) is 2.71. The number of nitrogens with zero attached hydrogens (tertiary/aromatic N) is 2. The van der Waals surface area contributed by atoms with Crippen LogP contribution in [0.15, 0.2) is 33.8 Å². The lowest BCUT2D eigenvalue weighted by atomic mass is 10.0. The predicted molar refractivity (Wildman–Crippen MR) is 93.8 cm³/mol. The molecular formula is C18H26N4O. The lowest BCUT2D eigenvalue weighted by Gasteiger charge is -2.19. The van der Waals surface area contributed by atoms with Gasteiger partial charge in [-0.05, 0) is 45.2 Å². The van der Waals surface area contributed by atoms with Crippen molar-refractivity contribution in [1.29, 1.82) is 0 Å². The van der Waals surface area contributed by atoms with Crippen molar-refractivity contribution < 1.29 is 4.52 Å². The Balaban J connectivity index is 1.90. The zero-order valence-corrected chi connectivity index (χ0v) is 14.6. The second kappa shape index (κ2) is 7.81. The van der Waals surface area contributed by atoms with Crippen LogP contribution in [-0.4, -0.2) is 24.7 Å². The summed E-state index contributed by atoms with van der Waals surface area (Å²) in [5.74, 6) is 1.69. The van der Waals surface area contributed by atoms with Crippen LogP contribution in [0.25, 0.3) is 0 Å². The maximum absolute atomic E-state index is 5.19. The molecule has 0 fully saturated rings. The summed E-state index contributed by atoms with van der Waals surface area (Å²) in [6.07, 6.45) is 0.862. The molecule has 0 saturated heterocycles. The normalized spacial score (nSPS) is 13.0. The molecule has 1 aromatic carbocycles. The van der Waals surface area contributed by atoms with Crippen LogP contribution in [-0.2, 0) is 6.42 Å². The van der Waals surface area contributed by atoms with E-state index in [-0.39, 0.29) is 6.04 Å². The standard InChI is InChI=1S/C18H26N4O/c1-12-8-6-7-9-16(12)13(2)21-18(19-5)20-11-10-17-14(3)22-23-15(17)4/h6-9,13H,10-11H2,1-5H3,(H2,19,20,21). The number of benzene rings is 1. The van der Waals surface area contributed by atoms with Crippen molar-refractivity contribution in [1.82, 2.24) is 15.8 Å². The monoisotopic (exact) mass is 314 g/mol. The summed E-state index contributed by atoms with van der Waals surface area (Å²) >= 11 is 0. The maximum atomic E-state index is 5.19. The highest BCUT2D eigenvalue weighted by Crippen LogP contribution is 2.16. The Morgan fingerprint density at radius 3 is 2.61 bits per heavy atom. The van der Waals surface area contributed by atoms with Crippen molar-refractivity contribution >= 4 is 5.96 Å². The van der Waals surface area contributed by atoms with E-state index in [0.717, 1.165) is 30.4 Å². The van der Waals surface area contributed by atoms with Gasteiger partial charge in [-0.25, -0.2) is 0 Å². The zero-order chi connectivity index (χ0) is 16.8. The highest BCUT2D eigenvalue weighted by atomic mass is 16.5. The van der Waals surface area contributed by atoms with Gasteiger partial charge in [-0.2, -0.15) is 0 Å². The maximum Gasteiger partial charge on any atom is 0.191 e. The van der Waals surface area contributed by atoms with Crippen LogP contribution in [0.2, 0.25) is 0 Å². The third-order valence-electron chi connectivity index (χ3n) is 4.08. The first-order valence-electron chi connectivity index (χ1n) is 7.97. The summed E-state index contributed by atoms with van der Waals surface area (Å²) in [4.78, 5) is 4.30. The summed E-state index contributed by atoms with van der Waals surface area (Å²) in [7, 11) is 1.79. The number of rotatable bonds is 5. The predicted octanol–water partition coefficient (Wildman–Crippen LogP) is 3.07. The number of aromatic nitrogens is 1. The summed E-state index contributed by atoms with van der Waals surface area (Å²) < 4.78 is 5.19.